The Balaban J connectivity index is 0.00000182. The van der Waals surface area contributed by atoms with E-state index >= 15 is 0 Å². The van der Waals surface area contributed by atoms with E-state index < -0.39 is 0 Å². The lowest BCUT2D eigenvalue weighted by atomic mass is 9.73. The first kappa shape index (κ1) is 16.1. The van der Waals surface area contributed by atoms with Gasteiger partial charge < -0.3 is 10.2 Å². The van der Waals surface area contributed by atoms with E-state index in [0.29, 0.717) is 0 Å². The van der Waals surface area contributed by atoms with Crippen molar-refractivity contribution >= 4 is 5.91 Å². The first-order valence-electron chi connectivity index (χ1n) is 9.78. The fraction of sp³-hybridized carbons (Fsp3) is 0.667. The average Bonchev–Trinajstić information content (AvgIpc) is 2.90. The highest BCUT2D eigenvalue weighted by Gasteiger charge is 2.46. The molecular formula is C21H32N2O. The smallest absolute Gasteiger partial charge is 0.217 e. The van der Waals surface area contributed by atoms with E-state index in [-0.39, 0.29) is 18.8 Å². The summed E-state index contributed by atoms with van der Waals surface area (Å²) in [6.07, 6.45) is 10.6. The van der Waals surface area contributed by atoms with E-state index in [0.717, 1.165) is 12.5 Å². The molecule has 4 rings (SSSR count). The normalized spacial score (nSPS) is 27.1. The lowest BCUT2D eigenvalue weighted by Crippen LogP contribution is -2.47. The minimum Gasteiger partial charge on any atom is -0.349 e. The van der Waals surface area contributed by atoms with Crippen LogP contribution in [0.2, 0.25) is 0 Å². The van der Waals surface area contributed by atoms with Gasteiger partial charge in [-0.2, -0.15) is 0 Å². The molecule has 1 heterocycles. The van der Waals surface area contributed by atoms with Crippen LogP contribution in [0, 0.1) is 0 Å². The van der Waals surface area contributed by atoms with Gasteiger partial charge in [0.25, 0.3) is 0 Å². The van der Waals surface area contributed by atoms with Gasteiger partial charge in [0.1, 0.15) is 0 Å². The zero-order valence-corrected chi connectivity index (χ0v) is 14.9. The third-order valence-electron chi connectivity index (χ3n) is 6.73. The summed E-state index contributed by atoms with van der Waals surface area (Å²) in [4.78, 5) is 14.4. The van der Waals surface area contributed by atoms with Crippen molar-refractivity contribution in [1.29, 1.82) is 0 Å². The van der Waals surface area contributed by atoms with E-state index in [1.165, 1.54) is 69.2 Å². The molecule has 0 aromatic heterocycles. The van der Waals surface area contributed by atoms with Crippen LogP contribution in [0.4, 0.5) is 0 Å². The Bertz CT molecular complexity index is 604. The Kier molecular flexibility index (Phi) is 4.38. The van der Waals surface area contributed by atoms with Gasteiger partial charge in [-0.25, -0.2) is 0 Å². The Hall–Kier alpha value is -1.35. The molecule has 3 aliphatic rings. The summed E-state index contributed by atoms with van der Waals surface area (Å²) in [5, 5.41) is 3.19. The molecule has 3 nitrogen and oxygen atoms in total. The highest BCUT2D eigenvalue weighted by molar-refractivity contribution is 5.73. The summed E-state index contributed by atoms with van der Waals surface area (Å²) >= 11 is 0. The van der Waals surface area contributed by atoms with Crippen LogP contribution in [0.5, 0.6) is 0 Å². The van der Waals surface area contributed by atoms with Crippen molar-refractivity contribution in [2.45, 2.75) is 75.8 Å². The second-order valence-electron chi connectivity index (χ2n) is 8.15. The van der Waals surface area contributed by atoms with Gasteiger partial charge in [0.2, 0.25) is 5.91 Å². The summed E-state index contributed by atoms with van der Waals surface area (Å²) in [5.41, 5.74) is 3.15. The molecule has 1 aromatic rings. The topological polar surface area (TPSA) is 32.3 Å². The summed E-state index contributed by atoms with van der Waals surface area (Å²) < 4.78 is 0. The maximum Gasteiger partial charge on any atom is 0.217 e. The third-order valence-corrected chi connectivity index (χ3v) is 6.73. The SMILES string of the molecule is CC(=O)NC1CC2(CCN(C3CCCCC3)CC2)c2ccccc21.[HH]. The minimum atomic E-state index is 0. The number of hydrogen-bond acceptors (Lipinski definition) is 2. The van der Waals surface area contributed by atoms with Crippen LogP contribution in [0.25, 0.3) is 0 Å². The van der Waals surface area contributed by atoms with Crippen molar-refractivity contribution in [3.63, 3.8) is 0 Å². The van der Waals surface area contributed by atoms with E-state index in [4.69, 9.17) is 0 Å². The lowest BCUT2D eigenvalue weighted by Gasteiger charge is -2.44. The zero-order chi connectivity index (χ0) is 16.6. The average molecular weight is 328 g/mol. The van der Waals surface area contributed by atoms with Crippen LogP contribution in [0.3, 0.4) is 0 Å². The largest absolute Gasteiger partial charge is 0.349 e. The molecule has 1 unspecified atom stereocenters. The summed E-state index contributed by atoms with van der Waals surface area (Å²) in [6, 6.07) is 9.86. The molecule has 1 saturated heterocycles. The molecule has 0 radical (unpaired) electrons. The van der Waals surface area contributed by atoms with Crippen molar-refractivity contribution in [3.8, 4) is 0 Å². The van der Waals surface area contributed by atoms with Gasteiger partial charge in [-0.05, 0) is 56.3 Å². The molecule has 1 atom stereocenters. The van der Waals surface area contributed by atoms with Crippen LogP contribution in [0.15, 0.2) is 24.3 Å². The Morgan fingerprint density at radius 3 is 2.58 bits per heavy atom. The van der Waals surface area contributed by atoms with E-state index in [1.807, 2.05) is 0 Å². The van der Waals surface area contributed by atoms with Gasteiger partial charge in [-0.1, -0.05) is 43.5 Å². The molecule has 24 heavy (non-hydrogen) atoms. The van der Waals surface area contributed by atoms with Gasteiger partial charge in [-0.3, -0.25) is 4.79 Å². The Morgan fingerprint density at radius 1 is 1.17 bits per heavy atom. The summed E-state index contributed by atoms with van der Waals surface area (Å²) in [5.74, 6) is 0.0893. The molecule has 132 valence electrons. The molecule has 1 aromatic carbocycles. The number of rotatable bonds is 2. The molecule has 1 saturated carbocycles. The minimum absolute atomic E-state index is 0. The van der Waals surface area contributed by atoms with Gasteiger partial charge in [0, 0.05) is 19.8 Å². The van der Waals surface area contributed by atoms with E-state index in [2.05, 4.69) is 34.5 Å². The maximum absolute atomic E-state index is 11.6. The van der Waals surface area contributed by atoms with Gasteiger partial charge in [-0.15, -0.1) is 0 Å². The van der Waals surface area contributed by atoms with Gasteiger partial charge >= 0.3 is 0 Å². The van der Waals surface area contributed by atoms with Crippen molar-refractivity contribution in [2.24, 2.45) is 0 Å². The van der Waals surface area contributed by atoms with Crippen molar-refractivity contribution < 1.29 is 6.22 Å². The van der Waals surface area contributed by atoms with Crippen LogP contribution in [-0.4, -0.2) is 29.9 Å². The summed E-state index contributed by atoms with van der Waals surface area (Å²) in [6.45, 7) is 4.09. The van der Waals surface area contributed by atoms with Crippen LogP contribution in [-0.2, 0) is 10.2 Å². The number of nitrogens with one attached hydrogen (secondary N) is 1. The van der Waals surface area contributed by atoms with Crippen LogP contribution in [0.1, 0.15) is 76.9 Å². The first-order chi connectivity index (χ1) is 11.7. The van der Waals surface area contributed by atoms with Crippen molar-refractivity contribution in [2.75, 3.05) is 13.1 Å². The second-order valence-corrected chi connectivity index (χ2v) is 8.15. The molecular weight excluding hydrogens is 296 g/mol. The number of likely N-dealkylation sites (tertiary alicyclic amines) is 1. The lowest BCUT2D eigenvalue weighted by molar-refractivity contribution is -0.119. The van der Waals surface area contributed by atoms with Crippen LogP contribution < -0.4 is 5.32 Å². The third kappa shape index (κ3) is 2.88. The van der Waals surface area contributed by atoms with E-state index in [9.17, 15) is 4.79 Å². The number of nitrogens with zero attached hydrogens (tertiary/aromatic N) is 1. The molecule has 1 amide bonds. The highest BCUT2D eigenvalue weighted by Crippen LogP contribution is 2.51. The molecule has 1 N–H and O–H groups in total. The standard InChI is InChI=1S/C21H30N2O.H2/c1-16(24)22-20-15-21(19-10-6-5-9-18(19)20)11-13-23(14-12-21)17-7-3-2-4-8-17;/h5-6,9-10,17,20H,2-4,7-8,11-15H2,1H3,(H,22,24);1H. The number of amides is 1. The van der Waals surface area contributed by atoms with Crippen molar-refractivity contribution in [1.82, 2.24) is 10.2 Å². The van der Waals surface area contributed by atoms with E-state index in [1.54, 1.807) is 6.92 Å². The Labute approximate surface area is 147 Å². The second kappa shape index (κ2) is 6.51. The maximum atomic E-state index is 11.6. The monoisotopic (exact) mass is 328 g/mol. The number of hydrogen-bond donors (Lipinski definition) is 1. The fourth-order valence-corrected chi connectivity index (χ4v) is 5.51. The summed E-state index contributed by atoms with van der Waals surface area (Å²) in [7, 11) is 0. The number of fused-ring (bicyclic) bond motifs is 2. The molecule has 2 fully saturated rings. The van der Waals surface area contributed by atoms with Gasteiger partial charge in [0.15, 0.2) is 0 Å². The molecule has 1 aliphatic heterocycles. The van der Waals surface area contributed by atoms with Crippen molar-refractivity contribution in [3.05, 3.63) is 35.4 Å². The van der Waals surface area contributed by atoms with Gasteiger partial charge in [0.05, 0.1) is 6.04 Å². The highest BCUT2D eigenvalue weighted by atomic mass is 16.1. The number of piperidine rings is 1. The predicted molar refractivity (Wildman–Crippen MR) is 99.1 cm³/mol. The number of carbonyl (C=O) groups excluding carboxylic acids is 1. The quantitative estimate of drug-likeness (QED) is 0.883. The molecule has 0 bridgehead atoms. The molecule has 1 spiro atoms. The zero-order valence-electron chi connectivity index (χ0n) is 14.9. The fourth-order valence-electron chi connectivity index (χ4n) is 5.51. The van der Waals surface area contributed by atoms with Crippen LogP contribution >= 0.6 is 0 Å². The Morgan fingerprint density at radius 2 is 1.88 bits per heavy atom. The number of benzene rings is 1. The number of carbonyl (C=O) groups is 1. The predicted octanol–water partition coefficient (Wildman–Crippen LogP) is 4.18. The molecule has 3 heteroatoms. The first-order valence-corrected chi connectivity index (χ1v) is 9.78. The molecule has 2 aliphatic carbocycles.